The van der Waals surface area contributed by atoms with Crippen molar-refractivity contribution >= 4 is 35.1 Å². The van der Waals surface area contributed by atoms with Crippen molar-refractivity contribution in [2.45, 2.75) is 12.8 Å². The fourth-order valence-electron chi connectivity index (χ4n) is 2.49. The molecular weight excluding hydrogens is 327 g/mol. The quantitative estimate of drug-likeness (QED) is 0.891. The third-order valence-corrected chi connectivity index (χ3v) is 4.33. The molecule has 1 aromatic carbocycles. The fraction of sp³-hybridized carbons (Fsp3) is 0.467. The third-order valence-electron chi connectivity index (χ3n) is 3.70. The lowest BCUT2D eigenvalue weighted by Gasteiger charge is -2.35. The van der Waals surface area contributed by atoms with Crippen LogP contribution in [0.3, 0.4) is 0 Å². The number of rotatable bonds is 5. The zero-order chi connectivity index (χ0) is 16.1. The molecule has 0 radical (unpaired) electrons. The molecule has 2 rings (SSSR count). The van der Waals surface area contributed by atoms with E-state index in [1.54, 1.807) is 23.1 Å². The smallest absolute Gasteiger partial charge is 0.303 e. The first kappa shape index (κ1) is 17.1. The van der Waals surface area contributed by atoms with Gasteiger partial charge in [0.2, 0.25) is 0 Å². The highest BCUT2D eigenvalue weighted by atomic mass is 35.5. The van der Waals surface area contributed by atoms with Gasteiger partial charge in [0.1, 0.15) is 0 Å². The number of hydrogen-bond acceptors (Lipinski definition) is 3. The second kappa shape index (κ2) is 7.81. The number of carboxylic acids is 1. The molecule has 1 aromatic rings. The van der Waals surface area contributed by atoms with Crippen LogP contribution >= 0.6 is 23.2 Å². The monoisotopic (exact) mass is 344 g/mol. The molecular formula is C15H18Cl2N2O3. The molecule has 0 spiro atoms. The molecule has 7 heteroatoms. The van der Waals surface area contributed by atoms with E-state index in [1.807, 2.05) is 0 Å². The predicted octanol–water partition coefficient (Wildman–Crippen LogP) is 2.62. The molecule has 22 heavy (non-hydrogen) atoms. The Balaban J connectivity index is 1.89. The molecule has 1 aliphatic rings. The lowest BCUT2D eigenvalue weighted by Crippen LogP contribution is -2.49. The van der Waals surface area contributed by atoms with Crippen molar-refractivity contribution in [3.8, 4) is 0 Å². The highest BCUT2D eigenvalue weighted by Crippen LogP contribution is 2.26. The van der Waals surface area contributed by atoms with Crippen molar-refractivity contribution < 1.29 is 14.7 Å². The fourth-order valence-corrected chi connectivity index (χ4v) is 3.05. The van der Waals surface area contributed by atoms with Crippen molar-refractivity contribution in [1.82, 2.24) is 9.80 Å². The summed E-state index contributed by atoms with van der Waals surface area (Å²) in [5, 5.41) is 9.36. The Morgan fingerprint density at radius 2 is 1.68 bits per heavy atom. The summed E-state index contributed by atoms with van der Waals surface area (Å²) < 4.78 is 0. The first-order valence-corrected chi connectivity index (χ1v) is 7.92. The Labute approximate surface area is 139 Å². The van der Waals surface area contributed by atoms with E-state index >= 15 is 0 Å². The van der Waals surface area contributed by atoms with Gasteiger partial charge in [-0.1, -0.05) is 29.3 Å². The molecule has 1 fully saturated rings. The molecule has 0 saturated carbocycles. The predicted molar refractivity (Wildman–Crippen MR) is 85.7 cm³/mol. The van der Waals surface area contributed by atoms with Gasteiger partial charge in [0.05, 0.1) is 15.6 Å². The molecule has 0 unspecified atom stereocenters. The summed E-state index contributed by atoms with van der Waals surface area (Å²) in [6.07, 6.45) is 0.800. The largest absolute Gasteiger partial charge is 0.481 e. The minimum Gasteiger partial charge on any atom is -0.481 e. The van der Waals surface area contributed by atoms with E-state index in [0.29, 0.717) is 35.1 Å². The van der Waals surface area contributed by atoms with Gasteiger partial charge in [-0.25, -0.2) is 0 Å². The van der Waals surface area contributed by atoms with Crippen LogP contribution in [-0.4, -0.2) is 59.5 Å². The van der Waals surface area contributed by atoms with Crippen molar-refractivity contribution in [2.75, 3.05) is 32.7 Å². The number of hydrogen-bond donors (Lipinski definition) is 1. The Hall–Kier alpha value is -1.30. The van der Waals surface area contributed by atoms with Crippen molar-refractivity contribution in [2.24, 2.45) is 0 Å². The molecule has 0 atom stereocenters. The summed E-state index contributed by atoms with van der Waals surface area (Å²) in [5.74, 6) is -0.928. The van der Waals surface area contributed by atoms with E-state index in [9.17, 15) is 9.59 Å². The van der Waals surface area contributed by atoms with Gasteiger partial charge in [-0.05, 0) is 25.1 Å². The van der Waals surface area contributed by atoms with Gasteiger partial charge in [-0.3, -0.25) is 14.5 Å². The Morgan fingerprint density at radius 1 is 1.09 bits per heavy atom. The summed E-state index contributed by atoms with van der Waals surface area (Å²) in [6.45, 7) is 3.38. The number of piperazine rings is 1. The second-order valence-corrected chi connectivity index (χ2v) is 6.04. The number of halogens is 2. The summed E-state index contributed by atoms with van der Waals surface area (Å²) >= 11 is 12.1. The van der Waals surface area contributed by atoms with Gasteiger partial charge in [-0.15, -0.1) is 0 Å². The normalized spacial score (nSPS) is 15.8. The van der Waals surface area contributed by atoms with E-state index in [0.717, 1.165) is 19.6 Å². The topological polar surface area (TPSA) is 60.9 Å². The average molecular weight is 345 g/mol. The van der Waals surface area contributed by atoms with E-state index in [1.165, 1.54) is 0 Å². The van der Waals surface area contributed by atoms with Crippen molar-refractivity contribution in [3.63, 3.8) is 0 Å². The molecule has 120 valence electrons. The van der Waals surface area contributed by atoms with Crippen LogP contribution in [0.15, 0.2) is 18.2 Å². The van der Waals surface area contributed by atoms with E-state index in [4.69, 9.17) is 28.3 Å². The molecule has 1 amide bonds. The number of carboxylic acid groups (broad SMARTS) is 1. The molecule has 5 nitrogen and oxygen atoms in total. The number of aliphatic carboxylic acids is 1. The molecule has 0 aliphatic carbocycles. The molecule has 1 aliphatic heterocycles. The zero-order valence-corrected chi connectivity index (χ0v) is 13.6. The third kappa shape index (κ3) is 4.35. The first-order chi connectivity index (χ1) is 10.5. The van der Waals surface area contributed by atoms with Gasteiger partial charge in [0, 0.05) is 32.6 Å². The highest BCUT2D eigenvalue weighted by molar-refractivity contribution is 6.39. The number of benzene rings is 1. The van der Waals surface area contributed by atoms with Crippen LogP contribution < -0.4 is 0 Å². The molecule has 1 saturated heterocycles. The molecule has 0 aromatic heterocycles. The standard InChI is InChI=1S/C15H18Cl2N2O3/c16-11-3-1-4-12(17)14(11)15(22)19-9-7-18(8-10-19)6-2-5-13(20)21/h1,3-4H,2,5-10H2,(H,20,21). The van der Waals surface area contributed by atoms with Gasteiger partial charge in [0.25, 0.3) is 5.91 Å². The van der Waals surface area contributed by atoms with Crippen LogP contribution in [-0.2, 0) is 4.79 Å². The maximum absolute atomic E-state index is 12.5. The number of amides is 1. The number of carbonyl (C=O) groups is 2. The van der Waals surface area contributed by atoms with Gasteiger partial charge >= 0.3 is 5.97 Å². The summed E-state index contributed by atoms with van der Waals surface area (Å²) in [7, 11) is 0. The van der Waals surface area contributed by atoms with Crippen LogP contribution in [0.1, 0.15) is 23.2 Å². The minimum atomic E-state index is -0.776. The summed E-state index contributed by atoms with van der Waals surface area (Å²) in [6, 6.07) is 5.02. The summed E-state index contributed by atoms with van der Waals surface area (Å²) in [5.41, 5.74) is 0.352. The minimum absolute atomic E-state index is 0.152. The average Bonchev–Trinajstić information content (AvgIpc) is 2.47. The van der Waals surface area contributed by atoms with Crippen LogP contribution in [0.2, 0.25) is 10.0 Å². The SMILES string of the molecule is O=C(O)CCCN1CCN(C(=O)c2c(Cl)cccc2Cl)CC1. The molecule has 1 N–H and O–H groups in total. The second-order valence-electron chi connectivity index (χ2n) is 5.23. The van der Waals surface area contributed by atoms with Gasteiger partial charge < -0.3 is 10.0 Å². The first-order valence-electron chi connectivity index (χ1n) is 7.16. The Bertz CT molecular complexity index is 537. The summed E-state index contributed by atoms with van der Waals surface area (Å²) in [4.78, 5) is 26.9. The van der Waals surface area contributed by atoms with E-state index < -0.39 is 5.97 Å². The Kier molecular flexibility index (Phi) is 6.06. The lowest BCUT2D eigenvalue weighted by molar-refractivity contribution is -0.137. The maximum Gasteiger partial charge on any atom is 0.303 e. The maximum atomic E-state index is 12.5. The van der Waals surface area contributed by atoms with Crippen LogP contribution in [0.5, 0.6) is 0 Å². The highest BCUT2D eigenvalue weighted by Gasteiger charge is 2.25. The van der Waals surface area contributed by atoms with Gasteiger partial charge in [0.15, 0.2) is 0 Å². The van der Waals surface area contributed by atoms with Crippen molar-refractivity contribution in [3.05, 3.63) is 33.8 Å². The van der Waals surface area contributed by atoms with Crippen LogP contribution in [0.25, 0.3) is 0 Å². The van der Waals surface area contributed by atoms with Crippen LogP contribution in [0, 0.1) is 0 Å². The van der Waals surface area contributed by atoms with Crippen LogP contribution in [0.4, 0.5) is 0 Å². The Morgan fingerprint density at radius 3 is 2.23 bits per heavy atom. The van der Waals surface area contributed by atoms with E-state index in [-0.39, 0.29) is 12.3 Å². The zero-order valence-electron chi connectivity index (χ0n) is 12.1. The van der Waals surface area contributed by atoms with Gasteiger partial charge in [-0.2, -0.15) is 0 Å². The molecule has 1 heterocycles. The number of nitrogens with zero attached hydrogens (tertiary/aromatic N) is 2. The van der Waals surface area contributed by atoms with E-state index in [2.05, 4.69) is 4.90 Å². The number of carbonyl (C=O) groups excluding carboxylic acids is 1. The molecule has 0 bridgehead atoms. The van der Waals surface area contributed by atoms with Crippen molar-refractivity contribution in [1.29, 1.82) is 0 Å². The lowest BCUT2D eigenvalue weighted by atomic mass is 10.1.